The molecule has 4 nitrogen and oxygen atoms in total. The van der Waals surface area contributed by atoms with Crippen molar-refractivity contribution in [2.75, 3.05) is 5.75 Å². The lowest BCUT2D eigenvalue weighted by Crippen LogP contribution is -2.25. The molecule has 0 aliphatic heterocycles. The number of fused-ring (bicyclic) bond motifs is 1. The lowest BCUT2D eigenvalue weighted by atomic mass is 9.86. The van der Waals surface area contributed by atoms with E-state index in [9.17, 15) is 9.00 Å². The highest BCUT2D eigenvalue weighted by atomic mass is 32.2. The Labute approximate surface area is 116 Å². The summed E-state index contributed by atoms with van der Waals surface area (Å²) in [6.07, 6.45) is 2.78. The Morgan fingerprint density at radius 3 is 2.79 bits per heavy atom. The van der Waals surface area contributed by atoms with E-state index in [4.69, 9.17) is 4.42 Å². The molecule has 19 heavy (non-hydrogen) atoms. The lowest BCUT2D eigenvalue weighted by molar-refractivity contribution is 0.0937. The van der Waals surface area contributed by atoms with Crippen LogP contribution in [0.4, 0.5) is 0 Å². The number of carbonyl (C=O) groups is 1. The van der Waals surface area contributed by atoms with Crippen LogP contribution in [0.3, 0.4) is 0 Å². The van der Waals surface area contributed by atoms with Crippen molar-refractivity contribution in [3.05, 3.63) is 17.3 Å². The molecule has 0 bridgehead atoms. The molecule has 1 aromatic rings. The molecule has 0 aromatic carbocycles. The van der Waals surface area contributed by atoms with Gasteiger partial charge in [0.15, 0.2) is 11.7 Å². The van der Waals surface area contributed by atoms with Gasteiger partial charge >= 0.3 is 0 Å². The van der Waals surface area contributed by atoms with E-state index >= 15 is 0 Å². The minimum Gasteiger partial charge on any atom is -0.445 e. The number of aryl methyl sites for hydroxylation is 1. The molecule has 1 aromatic heterocycles. The third-order valence-corrected chi connectivity index (χ3v) is 5.31. The molecule has 3 unspecified atom stereocenters. The quantitative estimate of drug-likeness (QED) is 0.833. The van der Waals surface area contributed by atoms with E-state index in [-0.39, 0.29) is 17.0 Å². The van der Waals surface area contributed by atoms with Gasteiger partial charge < -0.3 is 4.42 Å². The first-order valence-electron chi connectivity index (χ1n) is 6.94. The second-order valence-corrected chi connectivity index (χ2v) is 7.29. The maximum Gasteiger partial charge on any atom is 0.194 e. The summed E-state index contributed by atoms with van der Waals surface area (Å²) >= 11 is 0. The van der Waals surface area contributed by atoms with Crippen molar-refractivity contribution in [2.24, 2.45) is 5.92 Å². The predicted molar refractivity (Wildman–Crippen MR) is 74.8 cm³/mol. The topological polar surface area (TPSA) is 60.2 Å². The maximum atomic E-state index is 12.0. The number of Topliss-reactive ketones (excluding diaryl/α,β-unsaturated/α-hetero) is 1. The van der Waals surface area contributed by atoms with Crippen LogP contribution in [0.25, 0.3) is 0 Å². The summed E-state index contributed by atoms with van der Waals surface area (Å²) in [6.45, 7) is 5.89. The highest BCUT2D eigenvalue weighted by molar-refractivity contribution is 7.85. The van der Waals surface area contributed by atoms with Crippen LogP contribution in [-0.4, -0.2) is 26.0 Å². The molecule has 5 heteroatoms. The van der Waals surface area contributed by atoms with Crippen molar-refractivity contribution in [1.29, 1.82) is 0 Å². The van der Waals surface area contributed by atoms with Gasteiger partial charge in [-0.2, -0.15) is 0 Å². The summed E-state index contributed by atoms with van der Waals surface area (Å²) in [6, 6.07) is 0. The predicted octanol–water partition coefficient (Wildman–Crippen LogP) is 2.53. The average molecular weight is 283 g/mol. The van der Waals surface area contributed by atoms with E-state index in [1.165, 1.54) is 0 Å². The fraction of sp³-hybridized carbons (Fsp3) is 0.714. The fourth-order valence-electron chi connectivity index (χ4n) is 2.63. The second kappa shape index (κ2) is 5.99. The Bertz CT molecular complexity index is 495. The molecule has 0 amide bonds. The van der Waals surface area contributed by atoms with E-state index in [0.717, 1.165) is 18.6 Å². The first kappa shape index (κ1) is 14.4. The van der Waals surface area contributed by atoms with Gasteiger partial charge in [0.1, 0.15) is 11.5 Å². The summed E-state index contributed by atoms with van der Waals surface area (Å²) in [5, 5.41) is 0.137. The second-order valence-electron chi connectivity index (χ2n) is 5.15. The van der Waals surface area contributed by atoms with Crippen molar-refractivity contribution in [3.8, 4) is 0 Å². The number of nitrogens with zero attached hydrogens (tertiary/aromatic N) is 1. The Morgan fingerprint density at radius 1 is 1.42 bits per heavy atom. The molecule has 0 radical (unpaired) electrons. The summed E-state index contributed by atoms with van der Waals surface area (Å²) in [5.74, 6) is 2.36. The SMILES string of the molecule is CCc1nc2c(o1)CC(CC(C)S(=O)CC)CC2=O. The number of carbonyl (C=O) groups excluding carboxylic acids is 1. The van der Waals surface area contributed by atoms with Crippen LogP contribution in [0.15, 0.2) is 4.42 Å². The van der Waals surface area contributed by atoms with Crippen LogP contribution in [0.1, 0.15) is 55.8 Å². The van der Waals surface area contributed by atoms with Crippen LogP contribution >= 0.6 is 0 Å². The highest BCUT2D eigenvalue weighted by Gasteiger charge is 2.31. The van der Waals surface area contributed by atoms with Crippen LogP contribution in [0.5, 0.6) is 0 Å². The average Bonchev–Trinajstić information content (AvgIpc) is 2.81. The van der Waals surface area contributed by atoms with Gasteiger partial charge in [0.25, 0.3) is 0 Å². The number of aromatic nitrogens is 1. The van der Waals surface area contributed by atoms with Crippen LogP contribution in [-0.2, 0) is 23.6 Å². The minimum atomic E-state index is -0.796. The molecule has 0 saturated heterocycles. The van der Waals surface area contributed by atoms with E-state index in [0.29, 0.717) is 30.2 Å². The van der Waals surface area contributed by atoms with Crippen molar-refractivity contribution >= 4 is 16.6 Å². The zero-order valence-corrected chi connectivity index (χ0v) is 12.6. The van der Waals surface area contributed by atoms with Gasteiger partial charge in [-0.1, -0.05) is 20.8 Å². The normalized spacial score (nSPS) is 22.1. The van der Waals surface area contributed by atoms with Crippen molar-refractivity contribution in [2.45, 2.75) is 51.7 Å². The first-order chi connectivity index (χ1) is 9.05. The molecule has 0 N–H and O–H groups in total. The van der Waals surface area contributed by atoms with Crippen molar-refractivity contribution in [1.82, 2.24) is 4.98 Å². The van der Waals surface area contributed by atoms with E-state index in [2.05, 4.69) is 4.98 Å². The molecule has 1 aliphatic carbocycles. The number of hydrogen-bond acceptors (Lipinski definition) is 4. The number of oxazole rings is 1. The Kier molecular flexibility index (Phi) is 4.55. The number of hydrogen-bond donors (Lipinski definition) is 0. The zero-order valence-electron chi connectivity index (χ0n) is 11.8. The van der Waals surface area contributed by atoms with Gasteiger partial charge in [-0.15, -0.1) is 0 Å². The summed E-state index contributed by atoms with van der Waals surface area (Å²) < 4.78 is 17.4. The van der Waals surface area contributed by atoms with E-state index in [1.54, 1.807) is 0 Å². The van der Waals surface area contributed by atoms with Crippen molar-refractivity contribution < 1.29 is 13.4 Å². The van der Waals surface area contributed by atoms with E-state index < -0.39 is 10.8 Å². The molecule has 1 heterocycles. The van der Waals surface area contributed by atoms with Gasteiger partial charge in [0, 0.05) is 41.1 Å². The molecule has 0 fully saturated rings. The molecular weight excluding hydrogens is 262 g/mol. The maximum absolute atomic E-state index is 12.0. The largest absolute Gasteiger partial charge is 0.445 e. The molecule has 1 aliphatic rings. The fourth-order valence-corrected chi connectivity index (χ4v) is 3.68. The van der Waals surface area contributed by atoms with Gasteiger partial charge in [-0.25, -0.2) is 4.98 Å². The lowest BCUT2D eigenvalue weighted by Gasteiger charge is -2.22. The summed E-state index contributed by atoms with van der Waals surface area (Å²) in [5.41, 5.74) is 0.525. The molecule has 106 valence electrons. The number of ketones is 1. The summed E-state index contributed by atoms with van der Waals surface area (Å²) in [4.78, 5) is 16.3. The Balaban J connectivity index is 2.08. The zero-order chi connectivity index (χ0) is 14.0. The third-order valence-electron chi connectivity index (χ3n) is 3.65. The van der Waals surface area contributed by atoms with Crippen LogP contribution in [0, 0.1) is 5.92 Å². The number of rotatable bonds is 5. The van der Waals surface area contributed by atoms with Gasteiger partial charge in [-0.3, -0.25) is 9.00 Å². The van der Waals surface area contributed by atoms with Crippen LogP contribution < -0.4 is 0 Å². The molecular formula is C14H21NO3S. The van der Waals surface area contributed by atoms with Gasteiger partial charge in [0.2, 0.25) is 0 Å². The van der Waals surface area contributed by atoms with Crippen molar-refractivity contribution in [3.63, 3.8) is 0 Å². The molecule has 0 spiro atoms. The Morgan fingerprint density at radius 2 is 2.16 bits per heavy atom. The third kappa shape index (κ3) is 3.14. The minimum absolute atomic E-state index is 0.0733. The molecule has 0 saturated carbocycles. The molecule has 3 atom stereocenters. The smallest absolute Gasteiger partial charge is 0.194 e. The Hall–Kier alpha value is -0.970. The standard InChI is InChI=1S/C14H21NO3S/c1-4-13-15-14-11(16)7-10(8-12(14)18-13)6-9(3)19(17)5-2/h9-10H,4-8H2,1-3H3. The van der Waals surface area contributed by atoms with E-state index in [1.807, 2.05) is 20.8 Å². The highest BCUT2D eigenvalue weighted by Crippen LogP contribution is 2.29. The van der Waals surface area contributed by atoms with Gasteiger partial charge in [-0.05, 0) is 12.3 Å². The van der Waals surface area contributed by atoms with Gasteiger partial charge in [0.05, 0.1) is 0 Å². The molecule has 2 rings (SSSR count). The first-order valence-corrected chi connectivity index (χ1v) is 8.32. The monoisotopic (exact) mass is 283 g/mol. The van der Waals surface area contributed by atoms with Crippen LogP contribution in [0.2, 0.25) is 0 Å². The summed E-state index contributed by atoms with van der Waals surface area (Å²) in [7, 11) is -0.796.